The van der Waals surface area contributed by atoms with Gasteiger partial charge in [-0.3, -0.25) is 10.1 Å². The van der Waals surface area contributed by atoms with Gasteiger partial charge in [0.15, 0.2) is 0 Å². The molecular weight excluding hydrogens is 268 g/mol. The van der Waals surface area contributed by atoms with E-state index in [1.165, 1.54) is 25.0 Å². The predicted octanol–water partition coefficient (Wildman–Crippen LogP) is 3.19. The molecule has 0 bridgehead atoms. The van der Waals surface area contributed by atoms with Crippen molar-refractivity contribution in [3.8, 4) is 0 Å². The van der Waals surface area contributed by atoms with Crippen molar-refractivity contribution < 1.29 is 10.0 Å². The Bertz CT molecular complexity index is 485. The van der Waals surface area contributed by atoms with E-state index in [1.54, 1.807) is 12.1 Å². The molecule has 1 saturated carbocycles. The van der Waals surface area contributed by atoms with Crippen molar-refractivity contribution >= 4 is 5.69 Å². The maximum absolute atomic E-state index is 10.6. The van der Waals surface area contributed by atoms with E-state index in [1.807, 2.05) is 0 Å². The van der Waals surface area contributed by atoms with Gasteiger partial charge in [0.05, 0.1) is 11.0 Å². The molecule has 2 atom stereocenters. The van der Waals surface area contributed by atoms with E-state index in [0.717, 1.165) is 12.8 Å². The third-order valence-corrected chi connectivity index (χ3v) is 4.29. The van der Waals surface area contributed by atoms with E-state index in [4.69, 9.17) is 0 Å². The Morgan fingerprint density at radius 2 is 2.10 bits per heavy atom. The summed E-state index contributed by atoms with van der Waals surface area (Å²) < 4.78 is 0. The smallest absolute Gasteiger partial charge is 0.269 e. The zero-order valence-corrected chi connectivity index (χ0v) is 12.7. The summed E-state index contributed by atoms with van der Waals surface area (Å²) >= 11 is 0. The molecule has 1 aromatic rings. The lowest BCUT2D eigenvalue weighted by Crippen LogP contribution is -2.39. The Kier molecular flexibility index (Phi) is 4.96. The third-order valence-electron chi connectivity index (χ3n) is 4.29. The number of benzene rings is 1. The highest BCUT2D eigenvalue weighted by molar-refractivity contribution is 5.33. The van der Waals surface area contributed by atoms with Crippen molar-refractivity contribution in [2.24, 2.45) is 5.41 Å². The number of nitrogens with one attached hydrogen (secondary N) is 1. The summed E-state index contributed by atoms with van der Waals surface area (Å²) in [7, 11) is 0. The standard InChI is InChI=1S/C16H24N2O3/c1-16(2)9-3-4-13(10-16)17-11-15(19)12-5-7-14(8-6-12)18(20)21/h5-8,13,15,17,19H,3-4,9-11H2,1-2H3. The fourth-order valence-electron chi connectivity index (χ4n) is 3.09. The minimum absolute atomic E-state index is 0.0490. The van der Waals surface area contributed by atoms with Crippen LogP contribution < -0.4 is 5.32 Å². The molecule has 21 heavy (non-hydrogen) atoms. The molecule has 5 heteroatoms. The number of rotatable bonds is 5. The summed E-state index contributed by atoms with van der Waals surface area (Å²) in [4.78, 5) is 10.2. The summed E-state index contributed by atoms with van der Waals surface area (Å²) in [6.07, 6.45) is 4.13. The minimum Gasteiger partial charge on any atom is -0.387 e. The largest absolute Gasteiger partial charge is 0.387 e. The molecule has 2 rings (SSSR count). The van der Waals surface area contributed by atoms with Crippen LogP contribution in [0.2, 0.25) is 0 Å². The zero-order valence-electron chi connectivity index (χ0n) is 12.7. The maximum Gasteiger partial charge on any atom is 0.269 e. The first kappa shape index (κ1) is 15.9. The first-order valence-electron chi connectivity index (χ1n) is 7.53. The molecule has 0 aliphatic heterocycles. The van der Waals surface area contributed by atoms with Crippen LogP contribution in [0.15, 0.2) is 24.3 Å². The number of aliphatic hydroxyl groups is 1. The highest BCUT2D eigenvalue weighted by Gasteiger charge is 2.27. The van der Waals surface area contributed by atoms with Crippen LogP contribution in [0.4, 0.5) is 5.69 Å². The summed E-state index contributed by atoms with van der Waals surface area (Å²) in [6, 6.07) is 6.55. The number of non-ortho nitro benzene ring substituents is 1. The second kappa shape index (κ2) is 6.54. The number of nitro benzene ring substituents is 1. The predicted molar refractivity (Wildman–Crippen MR) is 82.1 cm³/mol. The quantitative estimate of drug-likeness (QED) is 0.645. The number of hydrogen-bond donors (Lipinski definition) is 2. The fraction of sp³-hybridized carbons (Fsp3) is 0.625. The Labute approximate surface area is 125 Å². The topological polar surface area (TPSA) is 75.4 Å². The van der Waals surface area contributed by atoms with Crippen LogP contribution in [0.1, 0.15) is 51.2 Å². The van der Waals surface area contributed by atoms with E-state index >= 15 is 0 Å². The summed E-state index contributed by atoms with van der Waals surface area (Å²) in [6.45, 7) is 5.06. The first-order valence-corrected chi connectivity index (χ1v) is 7.53. The van der Waals surface area contributed by atoms with E-state index in [0.29, 0.717) is 23.6 Å². The molecule has 0 aromatic heterocycles. The highest BCUT2D eigenvalue weighted by Crippen LogP contribution is 2.35. The Balaban J connectivity index is 1.86. The molecule has 1 aromatic carbocycles. The summed E-state index contributed by atoms with van der Waals surface area (Å²) in [5.74, 6) is 0. The van der Waals surface area contributed by atoms with Crippen LogP contribution in [0.25, 0.3) is 0 Å². The Morgan fingerprint density at radius 3 is 2.67 bits per heavy atom. The van der Waals surface area contributed by atoms with E-state index in [-0.39, 0.29) is 5.69 Å². The van der Waals surface area contributed by atoms with Gasteiger partial charge in [0.2, 0.25) is 0 Å². The second-order valence-corrected chi connectivity index (χ2v) is 6.73. The molecule has 1 aliphatic carbocycles. The second-order valence-electron chi connectivity index (χ2n) is 6.73. The van der Waals surface area contributed by atoms with E-state index in [2.05, 4.69) is 19.2 Å². The average molecular weight is 292 g/mol. The van der Waals surface area contributed by atoms with Gasteiger partial charge in [0.25, 0.3) is 5.69 Å². The third kappa shape index (κ3) is 4.51. The van der Waals surface area contributed by atoms with Gasteiger partial charge in [-0.05, 0) is 42.4 Å². The molecular formula is C16H24N2O3. The summed E-state index contributed by atoms with van der Waals surface area (Å²) in [5.41, 5.74) is 1.13. The van der Waals surface area contributed by atoms with Crippen LogP contribution in [-0.2, 0) is 0 Å². The Hall–Kier alpha value is -1.46. The van der Waals surface area contributed by atoms with E-state index in [9.17, 15) is 15.2 Å². The molecule has 5 nitrogen and oxygen atoms in total. The van der Waals surface area contributed by atoms with Crippen molar-refractivity contribution in [2.45, 2.75) is 51.7 Å². The molecule has 0 spiro atoms. The normalized spacial score (nSPS) is 22.7. The van der Waals surface area contributed by atoms with Crippen molar-refractivity contribution in [2.75, 3.05) is 6.54 Å². The van der Waals surface area contributed by atoms with Crippen LogP contribution in [-0.4, -0.2) is 22.6 Å². The lowest BCUT2D eigenvalue weighted by Gasteiger charge is -2.36. The van der Waals surface area contributed by atoms with Gasteiger partial charge in [-0.15, -0.1) is 0 Å². The SMILES string of the molecule is CC1(C)CCCC(NCC(O)c2ccc([N+](=O)[O-])cc2)C1. The molecule has 0 heterocycles. The number of aliphatic hydroxyl groups excluding tert-OH is 1. The van der Waals surface area contributed by atoms with Gasteiger partial charge in [-0.2, -0.15) is 0 Å². The van der Waals surface area contributed by atoms with Gasteiger partial charge in [0.1, 0.15) is 0 Å². The Morgan fingerprint density at radius 1 is 1.43 bits per heavy atom. The lowest BCUT2D eigenvalue weighted by atomic mass is 9.75. The van der Waals surface area contributed by atoms with Crippen molar-refractivity contribution in [1.29, 1.82) is 0 Å². The molecule has 0 amide bonds. The number of nitrogens with zero attached hydrogens (tertiary/aromatic N) is 1. The van der Waals surface area contributed by atoms with E-state index < -0.39 is 11.0 Å². The average Bonchev–Trinajstić information content (AvgIpc) is 2.44. The zero-order chi connectivity index (χ0) is 15.5. The number of nitro groups is 1. The van der Waals surface area contributed by atoms with Crippen LogP contribution in [0, 0.1) is 15.5 Å². The van der Waals surface area contributed by atoms with Gasteiger partial charge >= 0.3 is 0 Å². The molecule has 1 aliphatic rings. The molecule has 116 valence electrons. The van der Waals surface area contributed by atoms with Crippen molar-refractivity contribution in [3.05, 3.63) is 39.9 Å². The van der Waals surface area contributed by atoms with Crippen LogP contribution >= 0.6 is 0 Å². The van der Waals surface area contributed by atoms with Crippen molar-refractivity contribution in [3.63, 3.8) is 0 Å². The van der Waals surface area contributed by atoms with Gasteiger partial charge in [-0.25, -0.2) is 0 Å². The van der Waals surface area contributed by atoms with Gasteiger partial charge in [-0.1, -0.05) is 20.3 Å². The highest BCUT2D eigenvalue weighted by atomic mass is 16.6. The molecule has 0 radical (unpaired) electrons. The van der Waals surface area contributed by atoms with Crippen LogP contribution in [0.5, 0.6) is 0 Å². The van der Waals surface area contributed by atoms with Crippen molar-refractivity contribution in [1.82, 2.24) is 5.32 Å². The van der Waals surface area contributed by atoms with Crippen LogP contribution in [0.3, 0.4) is 0 Å². The lowest BCUT2D eigenvalue weighted by molar-refractivity contribution is -0.384. The van der Waals surface area contributed by atoms with Gasteiger partial charge in [0, 0.05) is 24.7 Å². The van der Waals surface area contributed by atoms with Gasteiger partial charge < -0.3 is 10.4 Å². The molecule has 1 fully saturated rings. The molecule has 0 saturated heterocycles. The fourth-order valence-corrected chi connectivity index (χ4v) is 3.09. The maximum atomic E-state index is 10.6. The monoisotopic (exact) mass is 292 g/mol. The number of hydrogen-bond acceptors (Lipinski definition) is 4. The molecule has 2 unspecified atom stereocenters. The molecule has 2 N–H and O–H groups in total. The summed E-state index contributed by atoms with van der Waals surface area (Å²) in [5, 5.41) is 24.2. The minimum atomic E-state index is -0.629. The first-order chi connectivity index (χ1) is 9.87.